The molecule has 8 heteroatoms. The molecule has 1 heterocycles. The van der Waals surface area contributed by atoms with Crippen LogP contribution < -0.4 is 4.72 Å². The SMILES string of the molecule is Cc1c([N+](=O)[O-])cccc1S(=O)(=O)NCc1ccccc1CN1CCCCC1. The molecular weight excluding hydrogens is 378 g/mol. The molecule has 0 saturated carbocycles. The highest BCUT2D eigenvalue weighted by Crippen LogP contribution is 2.25. The number of nitrogens with zero attached hydrogens (tertiary/aromatic N) is 2. The molecule has 0 spiro atoms. The summed E-state index contributed by atoms with van der Waals surface area (Å²) >= 11 is 0. The van der Waals surface area contributed by atoms with Crippen molar-refractivity contribution in [2.45, 2.75) is 44.2 Å². The van der Waals surface area contributed by atoms with Crippen LogP contribution in [0, 0.1) is 17.0 Å². The average Bonchev–Trinajstić information content (AvgIpc) is 2.68. The van der Waals surface area contributed by atoms with Gasteiger partial charge in [-0.3, -0.25) is 15.0 Å². The number of rotatable bonds is 7. The van der Waals surface area contributed by atoms with Crippen LogP contribution in [-0.2, 0) is 23.1 Å². The molecule has 1 aliphatic heterocycles. The molecule has 0 atom stereocenters. The van der Waals surface area contributed by atoms with Crippen LogP contribution >= 0.6 is 0 Å². The van der Waals surface area contributed by atoms with E-state index in [-0.39, 0.29) is 22.7 Å². The molecule has 0 bridgehead atoms. The van der Waals surface area contributed by atoms with Crippen molar-refractivity contribution in [3.05, 3.63) is 69.3 Å². The Hall–Kier alpha value is -2.29. The first kappa shape index (κ1) is 20.4. The predicted molar refractivity (Wildman–Crippen MR) is 107 cm³/mol. The molecule has 0 aromatic heterocycles. The lowest BCUT2D eigenvalue weighted by Gasteiger charge is -2.27. The van der Waals surface area contributed by atoms with E-state index in [1.54, 1.807) is 0 Å². The zero-order valence-corrected chi connectivity index (χ0v) is 16.7. The zero-order valence-electron chi connectivity index (χ0n) is 15.9. The topological polar surface area (TPSA) is 92.5 Å². The van der Waals surface area contributed by atoms with Crippen LogP contribution in [0.5, 0.6) is 0 Å². The van der Waals surface area contributed by atoms with Gasteiger partial charge >= 0.3 is 0 Å². The number of piperidine rings is 1. The molecule has 1 saturated heterocycles. The Kier molecular flexibility index (Phi) is 6.43. The molecule has 0 unspecified atom stereocenters. The van der Waals surface area contributed by atoms with Crippen molar-refractivity contribution < 1.29 is 13.3 Å². The molecule has 2 aromatic rings. The van der Waals surface area contributed by atoms with Crippen molar-refractivity contribution in [3.8, 4) is 0 Å². The van der Waals surface area contributed by atoms with Gasteiger partial charge in [0, 0.05) is 24.7 Å². The van der Waals surface area contributed by atoms with E-state index in [4.69, 9.17) is 0 Å². The highest BCUT2D eigenvalue weighted by atomic mass is 32.2. The number of benzene rings is 2. The summed E-state index contributed by atoms with van der Waals surface area (Å²) in [6.45, 7) is 4.53. The van der Waals surface area contributed by atoms with Crippen LogP contribution in [-0.4, -0.2) is 31.3 Å². The Balaban J connectivity index is 1.77. The third-order valence-electron chi connectivity index (χ3n) is 5.16. The fraction of sp³-hybridized carbons (Fsp3) is 0.400. The third kappa shape index (κ3) is 4.76. The number of nitro groups is 1. The van der Waals surface area contributed by atoms with E-state index in [1.165, 1.54) is 44.4 Å². The maximum Gasteiger partial charge on any atom is 0.273 e. The lowest BCUT2D eigenvalue weighted by Crippen LogP contribution is -2.30. The van der Waals surface area contributed by atoms with Crippen molar-refractivity contribution in [1.82, 2.24) is 9.62 Å². The molecule has 1 N–H and O–H groups in total. The number of hydrogen-bond acceptors (Lipinski definition) is 5. The fourth-order valence-corrected chi connectivity index (χ4v) is 4.85. The van der Waals surface area contributed by atoms with E-state index < -0.39 is 14.9 Å². The molecule has 0 aliphatic carbocycles. The fourth-order valence-electron chi connectivity index (χ4n) is 3.58. The largest absolute Gasteiger partial charge is 0.299 e. The van der Waals surface area contributed by atoms with E-state index >= 15 is 0 Å². The molecule has 1 aliphatic rings. The minimum Gasteiger partial charge on any atom is -0.299 e. The van der Waals surface area contributed by atoms with Crippen LogP contribution in [0.3, 0.4) is 0 Å². The van der Waals surface area contributed by atoms with Gasteiger partial charge in [-0.2, -0.15) is 0 Å². The molecule has 28 heavy (non-hydrogen) atoms. The number of sulfonamides is 1. The highest BCUT2D eigenvalue weighted by molar-refractivity contribution is 7.89. The Morgan fingerprint density at radius 1 is 1.04 bits per heavy atom. The summed E-state index contributed by atoms with van der Waals surface area (Å²) < 4.78 is 28.1. The third-order valence-corrected chi connectivity index (χ3v) is 6.70. The first-order chi connectivity index (χ1) is 13.4. The van der Waals surface area contributed by atoms with Gasteiger partial charge in [0.1, 0.15) is 0 Å². The molecular formula is C20H25N3O4S. The van der Waals surface area contributed by atoms with Crippen LogP contribution in [0.15, 0.2) is 47.4 Å². The zero-order chi connectivity index (χ0) is 20.1. The molecule has 7 nitrogen and oxygen atoms in total. The van der Waals surface area contributed by atoms with Gasteiger partial charge in [-0.25, -0.2) is 13.1 Å². The molecule has 1 fully saturated rings. The van der Waals surface area contributed by atoms with Gasteiger partial charge in [-0.1, -0.05) is 36.8 Å². The molecule has 0 radical (unpaired) electrons. The van der Waals surface area contributed by atoms with Gasteiger partial charge in [0.05, 0.1) is 9.82 Å². The molecule has 2 aromatic carbocycles. The van der Waals surface area contributed by atoms with Crippen molar-refractivity contribution >= 4 is 15.7 Å². The van der Waals surface area contributed by atoms with E-state index in [0.29, 0.717) is 0 Å². The molecule has 3 rings (SSSR count). The smallest absolute Gasteiger partial charge is 0.273 e. The minimum atomic E-state index is -3.86. The standard InChI is InChI=1S/C20H25N3O4S/c1-16-19(23(24)25)10-7-11-20(16)28(26,27)21-14-17-8-3-4-9-18(17)15-22-12-5-2-6-13-22/h3-4,7-11,21H,2,5-6,12-15H2,1H3. The number of nitrogens with one attached hydrogen (secondary N) is 1. The monoisotopic (exact) mass is 403 g/mol. The average molecular weight is 404 g/mol. The van der Waals surface area contributed by atoms with E-state index in [9.17, 15) is 18.5 Å². The van der Waals surface area contributed by atoms with Gasteiger partial charge in [-0.05, 0) is 50.0 Å². The second kappa shape index (κ2) is 8.81. The second-order valence-electron chi connectivity index (χ2n) is 7.09. The van der Waals surface area contributed by atoms with Crippen LogP contribution in [0.25, 0.3) is 0 Å². The highest BCUT2D eigenvalue weighted by Gasteiger charge is 2.23. The first-order valence-electron chi connectivity index (χ1n) is 9.41. The van der Waals surface area contributed by atoms with Crippen molar-refractivity contribution in [2.24, 2.45) is 0 Å². The lowest BCUT2D eigenvalue weighted by atomic mass is 10.1. The Morgan fingerprint density at radius 2 is 1.71 bits per heavy atom. The van der Waals surface area contributed by atoms with E-state index in [2.05, 4.69) is 9.62 Å². The van der Waals surface area contributed by atoms with Crippen LogP contribution in [0.1, 0.15) is 36.0 Å². The summed E-state index contributed by atoms with van der Waals surface area (Å²) in [4.78, 5) is 12.9. The van der Waals surface area contributed by atoms with Crippen molar-refractivity contribution in [3.63, 3.8) is 0 Å². The first-order valence-corrected chi connectivity index (χ1v) is 10.9. The van der Waals surface area contributed by atoms with Gasteiger partial charge in [0.15, 0.2) is 0 Å². The van der Waals surface area contributed by atoms with Crippen molar-refractivity contribution in [2.75, 3.05) is 13.1 Å². The van der Waals surface area contributed by atoms with E-state index in [0.717, 1.165) is 30.8 Å². The molecule has 150 valence electrons. The summed E-state index contributed by atoms with van der Waals surface area (Å²) in [7, 11) is -3.86. The summed E-state index contributed by atoms with van der Waals surface area (Å²) in [6.07, 6.45) is 3.65. The summed E-state index contributed by atoms with van der Waals surface area (Å²) in [5.74, 6) is 0. The van der Waals surface area contributed by atoms with E-state index in [1.807, 2.05) is 24.3 Å². The van der Waals surface area contributed by atoms with Gasteiger partial charge in [-0.15, -0.1) is 0 Å². The molecule has 0 amide bonds. The summed E-state index contributed by atoms with van der Waals surface area (Å²) in [5, 5.41) is 11.1. The second-order valence-corrected chi connectivity index (χ2v) is 8.82. The maximum absolute atomic E-state index is 12.8. The Morgan fingerprint density at radius 3 is 2.39 bits per heavy atom. The van der Waals surface area contributed by atoms with Gasteiger partial charge in [0.2, 0.25) is 10.0 Å². The summed E-state index contributed by atoms with van der Waals surface area (Å²) in [5.41, 5.74) is 1.96. The quantitative estimate of drug-likeness (QED) is 0.565. The van der Waals surface area contributed by atoms with Gasteiger partial charge in [0.25, 0.3) is 5.69 Å². The lowest BCUT2D eigenvalue weighted by molar-refractivity contribution is -0.385. The van der Waals surface area contributed by atoms with Crippen molar-refractivity contribution in [1.29, 1.82) is 0 Å². The number of hydrogen-bond donors (Lipinski definition) is 1. The Labute approximate surface area is 165 Å². The normalized spacial score (nSPS) is 15.5. The van der Waals surface area contributed by atoms with Gasteiger partial charge < -0.3 is 0 Å². The van der Waals surface area contributed by atoms with Crippen LogP contribution in [0.2, 0.25) is 0 Å². The number of nitro benzene ring substituents is 1. The minimum absolute atomic E-state index is 0.0600. The Bertz CT molecular complexity index is 954. The number of likely N-dealkylation sites (tertiary alicyclic amines) is 1. The van der Waals surface area contributed by atoms with Crippen LogP contribution in [0.4, 0.5) is 5.69 Å². The maximum atomic E-state index is 12.8. The summed E-state index contributed by atoms with van der Waals surface area (Å²) in [6, 6.07) is 11.9. The predicted octanol–water partition coefficient (Wildman–Crippen LogP) is 3.37.